The molecular weight excluding hydrogens is 669 g/mol. The number of rotatable bonds is 7. The first-order valence-corrected chi connectivity index (χ1v) is 19.1. The van der Waals surface area contributed by atoms with Crippen LogP contribution in [0, 0.1) is 0 Å². The lowest BCUT2D eigenvalue weighted by Crippen LogP contribution is -2.09. The molecule has 0 saturated carbocycles. The summed E-state index contributed by atoms with van der Waals surface area (Å²) in [4.78, 5) is 4.71. The van der Waals surface area contributed by atoms with Gasteiger partial charge in [-0.1, -0.05) is 97.1 Å². The second-order valence-electron chi connectivity index (χ2n) is 13.0. The first-order valence-electron chi connectivity index (χ1n) is 17.5. The zero-order valence-corrected chi connectivity index (χ0v) is 29.8. The Morgan fingerprint density at radius 2 is 0.712 bits per heavy atom. The first kappa shape index (κ1) is 30.6. The van der Waals surface area contributed by atoms with Crippen LogP contribution in [0.5, 0.6) is 0 Å². The van der Waals surface area contributed by atoms with Gasteiger partial charge in [0.05, 0.1) is 0 Å². The minimum Gasteiger partial charge on any atom is -0.310 e. The number of fused-ring (bicyclic) bond motifs is 6. The first-order chi connectivity index (χ1) is 25.8. The molecule has 0 unspecified atom stereocenters. The third-order valence-electron chi connectivity index (χ3n) is 9.81. The molecule has 10 aromatic rings. The third kappa shape index (κ3) is 5.41. The highest BCUT2D eigenvalue weighted by Crippen LogP contribution is 2.44. The molecule has 0 N–H and O–H groups in total. The fraction of sp³-hybridized carbons (Fsp3) is 0. The van der Waals surface area contributed by atoms with Crippen LogP contribution < -0.4 is 9.80 Å². The lowest BCUT2D eigenvalue weighted by atomic mass is 10.0. The zero-order chi connectivity index (χ0) is 34.4. The predicted molar refractivity (Wildman–Crippen MR) is 227 cm³/mol. The van der Waals surface area contributed by atoms with Crippen molar-refractivity contribution in [3.8, 4) is 11.1 Å². The molecule has 0 radical (unpaired) electrons. The van der Waals surface area contributed by atoms with E-state index in [-0.39, 0.29) is 0 Å². The maximum atomic E-state index is 2.38. The van der Waals surface area contributed by atoms with Gasteiger partial charge in [-0.2, -0.15) is 0 Å². The Balaban J connectivity index is 1.07. The summed E-state index contributed by atoms with van der Waals surface area (Å²) in [6.45, 7) is 0. The molecule has 0 aliphatic carbocycles. The smallest absolute Gasteiger partial charge is 0.0476 e. The Morgan fingerprint density at radius 3 is 1.42 bits per heavy atom. The summed E-state index contributed by atoms with van der Waals surface area (Å²) in [5.74, 6) is 0. The normalized spacial score (nSPS) is 11.5. The molecule has 0 bridgehead atoms. The summed E-state index contributed by atoms with van der Waals surface area (Å²) < 4.78 is 5.20. The summed E-state index contributed by atoms with van der Waals surface area (Å²) in [7, 11) is 0. The van der Waals surface area contributed by atoms with Crippen molar-refractivity contribution in [2.45, 2.75) is 0 Å². The molecule has 0 saturated heterocycles. The molecule has 0 spiro atoms. The Hall–Kier alpha value is -6.20. The van der Waals surface area contributed by atoms with Gasteiger partial charge >= 0.3 is 0 Å². The van der Waals surface area contributed by atoms with E-state index in [1.165, 1.54) is 51.5 Å². The molecule has 8 aromatic carbocycles. The van der Waals surface area contributed by atoms with Crippen molar-refractivity contribution in [1.29, 1.82) is 0 Å². The summed E-state index contributed by atoms with van der Waals surface area (Å²) in [5, 5.41) is 5.17. The Morgan fingerprint density at radius 1 is 0.250 bits per heavy atom. The molecule has 0 fully saturated rings. The van der Waals surface area contributed by atoms with Crippen LogP contribution in [0.1, 0.15) is 0 Å². The van der Waals surface area contributed by atoms with E-state index < -0.39 is 0 Å². The van der Waals surface area contributed by atoms with Crippen LogP contribution in [-0.4, -0.2) is 0 Å². The molecule has 2 heterocycles. The molecule has 0 amide bonds. The van der Waals surface area contributed by atoms with E-state index in [4.69, 9.17) is 0 Å². The SMILES string of the molecule is c1ccc(N(c2ccccc2)c2ccc3c(c2)sc2ccc(N(c4ccccc4)c4cccc(-c5ccc6sc7ccccc7c6c5)c4)cc23)cc1. The van der Waals surface area contributed by atoms with E-state index in [9.17, 15) is 0 Å². The van der Waals surface area contributed by atoms with Gasteiger partial charge in [-0.05, 0) is 108 Å². The molecule has 0 aliphatic rings. The molecule has 0 atom stereocenters. The fourth-order valence-corrected chi connectivity index (χ4v) is 9.59. The van der Waals surface area contributed by atoms with Gasteiger partial charge < -0.3 is 9.80 Å². The number of hydrogen-bond acceptors (Lipinski definition) is 4. The van der Waals surface area contributed by atoms with Crippen molar-refractivity contribution >= 4 is 97.1 Å². The molecule has 2 nitrogen and oxygen atoms in total. The molecule has 4 heteroatoms. The molecule has 2 aromatic heterocycles. The summed E-state index contributed by atoms with van der Waals surface area (Å²) >= 11 is 3.71. The molecular formula is C48H32N2S2. The minimum atomic E-state index is 1.13. The fourth-order valence-electron chi connectivity index (χ4n) is 7.39. The van der Waals surface area contributed by atoms with E-state index >= 15 is 0 Å². The van der Waals surface area contributed by atoms with Crippen molar-refractivity contribution < 1.29 is 0 Å². The van der Waals surface area contributed by atoms with Crippen LogP contribution in [0.3, 0.4) is 0 Å². The standard InChI is InChI=1S/C48H32N2S2/c1-4-14-35(15-5-1)49(36-16-6-2-7-17-36)40-24-26-42-44-31-39(25-28-47(44)52-48(42)32-40)50(37-18-8-3-9-19-37)38-20-12-13-33(29-38)34-23-27-46-43(30-34)41-21-10-11-22-45(41)51-46/h1-32H. The minimum absolute atomic E-state index is 1.13. The van der Waals surface area contributed by atoms with Crippen molar-refractivity contribution in [2.24, 2.45) is 0 Å². The number of benzene rings is 8. The van der Waals surface area contributed by atoms with Crippen molar-refractivity contribution in [2.75, 3.05) is 9.80 Å². The molecule has 246 valence electrons. The number of para-hydroxylation sites is 3. The summed E-state index contributed by atoms with van der Waals surface area (Å²) in [6, 6.07) is 70.3. The van der Waals surface area contributed by atoms with Crippen molar-refractivity contribution in [3.05, 3.63) is 194 Å². The van der Waals surface area contributed by atoms with Gasteiger partial charge in [0.1, 0.15) is 0 Å². The van der Waals surface area contributed by atoms with Gasteiger partial charge in [0.15, 0.2) is 0 Å². The maximum Gasteiger partial charge on any atom is 0.0476 e. The Bertz CT molecular complexity index is 2820. The molecule has 0 aliphatic heterocycles. The van der Waals surface area contributed by atoms with Crippen LogP contribution in [0.15, 0.2) is 194 Å². The van der Waals surface area contributed by atoms with Gasteiger partial charge in [-0.25, -0.2) is 0 Å². The molecule has 52 heavy (non-hydrogen) atoms. The van der Waals surface area contributed by atoms with Gasteiger partial charge in [0.25, 0.3) is 0 Å². The van der Waals surface area contributed by atoms with Gasteiger partial charge in [0.2, 0.25) is 0 Å². The average molecular weight is 701 g/mol. The van der Waals surface area contributed by atoms with Crippen LogP contribution in [0.4, 0.5) is 34.1 Å². The van der Waals surface area contributed by atoms with Crippen molar-refractivity contribution in [3.63, 3.8) is 0 Å². The molecule has 10 rings (SSSR count). The highest BCUT2D eigenvalue weighted by Gasteiger charge is 2.18. The van der Waals surface area contributed by atoms with Crippen LogP contribution in [0.25, 0.3) is 51.5 Å². The lowest BCUT2D eigenvalue weighted by Gasteiger charge is -2.26. The van der Waals surface area contributed by atoms with E-state index in [2.05, 4.69) is 204 Å². The maximum absolute atomic E-state index is 2.38. The number of hydrogen-bond donors (Lipinski definition) is 0. The summed E-state index contributed by atoms with van der Waals surface area (Å²) in [6.07, 6.45) is 0. The zero-order valence-electron chi connectivity index (χ0n) is 28.2. The average Bonchev–Trinajstić information content (AvgIpc) is 3.77. The highest BCUT2D eigenvalue weighted by molar-refractivity contribution is 7.26. The third-order valence-corrected chi connectivity index (χ3v) is 12.1. The van der Waals surface area contributed by atoms with Gasteiger partial charge in [-0.15, -0.1) is 22.7 Å². The topological polar surface area (TPSA) is 6.48 Å². The van der Waals surface area contributed by atoms with Crippen molar-refractivity contribution in [1.82, 2.24) is 0 Å². The van der Waals surface area contributed by atoms with Crippen LogP contribution >= 0.6 is 22.7 Å². The van der Waals surface area contributed by atoms with E-state index in [0.29, 0.717) is 0 Å². The second-order valence-corrected chi connectivity index (χ2v) is 15.2. The second kappa shape index (κ2) is 12.8. The lowest BCUT2D eigenvalue weighted by molar-refractivity contribution is 1.29. The number of anilines is 6. The van der Waals surface area contributed by atoms with E-state index in [1.807, 2.05) is 22.7 Å². The van der Waals surface area contributed by atoms with E-state index in [0.717, 1.165) is 34.1 Å². The summed E-state index contributed by atoms with van der Waals surface area (Å²) in [5.41, 5.74) is 9.24. The van der Waals surface area contributed by atoms with Crippen LogP contribution in [-0.2, 0) is 0 Å². The monoisotopic (exact) mass is 700 g/mol. The number of thiophene rings is 2. The quantitative estimate of drug-likeness (QED) is 0.163. The van der Waals surface area contributed by atoms with Crippen LogP contribution in [0.2, 0.25) is 0 Å². The predicted octanol–water partition coefficient (Wildman–Crippen LogP) is 15.0. The van der Waals surface area contributed by atoms with E-state index in [1.54, 1.807) is 0 Å². The highest BCUT2D eigenvalue weighted by atomic mass is 32.1. The largest absolute Gasteiger partial charge is 0.310 e. The van der Waals surface area contributed by atoms with Gasteiger partial charge in [-0.3, -0.25) is 0 Å². The Kier molecular flexibility index (Phi) is 7.56. The Labute approximate surface area is 310 Å². The van der Waals surface area contributed by atoms with Gasteiger partial charge in [0, 0.05) is 74.5 Å². The number of nitrogens with zero attached hydrogens (tertiary/aromatic N) is 2.